The molecule has 0 unspecified atom stereocenters. The first-order valence-electron chi connectivity index (χ1n) is 8.82. The van der Waals surface area contributed by atoms with Crippen molar-refractivity contribution >= 4 is 32.9 Å². The predicted octanol–water partition coefficient (Wildman–Crippen LogP) is 2.39. The van der Waals surface area contributed by atoms with Gasteiger partial charge in [0.05, 0.1) is 11.5 Å². The molecule has 0 spiro atoms. The van der Waals surface area contributed by atoms with E-state index in [-0.39, 0.29) is 17.5 Å². The Labute approximate surface area is 157 Å². The van der Waals surface area contributed by atoms with Crippen LogP contribution in [-0.4, -0.2) is 68.1 Å². The summed E-state index contributed by atoms with van der Waals surface area (Å²) in [6.45, 7) is 3.83. The van der Waals surface area contributed by atoms with Gasteiger partial charge in [-0.05, 0) is 69.8 Å². The highest BCUT2D eigenvalue weighted by atomic mass is 32.2. The van der Waals surface area contributed by atoms with Gasteiger partial charge < -0.3 is 15.1 Å². The summed E-state index contributed by atoms with van der Waals surface area (Å²) in [4.78, 5) is 4.20. The maximum atomic E-state index is 11.9. The second-order valence-electron chi connectivity index (χ2n) is 6.89. The van der Waals surface area contributed by atoms with Crippen LogP contribution in [-0.2, 0) is 16.3 Å². The van der Waals surface area contributed by atoms with Crippen molar-refractivity contribution in [1.29, 1.82) is 0 Å². The molecule has 7 heteroatoms. The predicted molar refractivity (Wildman–Crippen MR) is 109 cm³/mol. The van der Waals surface area contributed by atoms with E-state index in [1.807, 2.05) is 26.2 Å². The van der Waals surface area contributed by atoms with Crippen molar-refractivity contribution in [3.8, 4) is 0 Å². The molecule has 0 aromatic heterocycles. The summed E-state index contributed by atoms with van der Waals surface area (Å²) in [5, 5.41) is 3.90. The second kappa shape index (κ2) is 8.96. The van der Waals surface area contributed by atoms with Gasteiger partial charge >= 0.3 is 0 Å². The molecule has 1 fully saturated rings. The Balaban J connectivity index is 2.05. The smallest absolute Gasteiger partial charge is 0.173 e. The molecule has 140 valence electrons. The molecule has 1 aromatic rings. The normalized spacial score (nSPS) is 19.1. The highest BCUT2D eigenvalue weighted by Gasteiger charge is 2.33. The average Bonchev–Trinajstić information content (AvgIpc) is 2.91. The van der Waals surface area contributed by atoms with Crippen LogP contribution in [0.4, 0.5) is 5.69 Å². The third-order valence-electron chi connectivity index (χ3n) is 4.53. The molecule has 1 heterocycles. The summed E-state index contributed by atoms with van der Waals surface area (Å²) in [7, 11) is 1.14. The molecule has 1 aromatic carbocycles. The van der Waals surface area contributed by atoms with Crippen LogP contribution >= 0.6 is 12.2 Å². The minimum Gasteiger partial charge on any atom is -0.345 e. The number of rotatable bonds is 7. The van der Waals surface area contributed by atoms with Gasteiger partial charge in [-0.1, -0.05) is 19.1 Å². The maximum Gasteiger partial charge on any atom is 0.173 e. The Kier molecular flexibility index (Phi) is 7.22. The van der Waals surface area contributed by atoms with Crippen LogP contribution in [0.25, 0.3) is 0 Å². The number of hydrogen-bond acceptors (Lipinski definition) is 4. The Morgan fingerprint density at radius 2 is 1.92 bits per heavy atom. The average molecular weight is 384 g/mol. The third kappa shape index (κ3) is 6.24. The lowest BCUT2D eigenvalue weighted by molar-refractivity contribution is 0.306. The fraction of sp³-hybridized carbons (Fsp3) is 0.611. The zero-order valence-corrected chi connectivity index (χ0v) is 17.0. The van der Waals surface area contributed by atoms with Crippen molar-refractivity contribution in [2.75, 3.05) is 44.0 Å². The maximum absolute atomic E-state index is 11.9. The highest BCUT2D eigenvalue weighted by molar-refractivity contribution is 7.91. The Hall–Kier alpha value is -1.18. The van der Waals surface area contributed by atoms with Gasteiger partial charge in [0.1, 0.15) is 0 Å². The van der Waals surface area contributed by atoms with Crippen molar-refractivity contribution in [2.24, 2.45) is 0 Å². The Bertz CT molecular complexity index is 672. The molecular weight excluding hydrogens is 354 g/mol. The van der Waals surface area contributed by atoms with E-state index in [9.17, 15) is 8.42 Å². The van der Waals surface area contributed by atoms with Crippen molar-refractivity contribution in [3.05, 3.63) is 29.8 Å². The molecule has 0 aliphatic carbocycles. The van der Waals surface area contributed by atoms with Crippen molar-refractivity contribution in [2.45, 2.75) is 32.2 Å². The lowest BCUT2D eigenvalue weighted by Gasteiger charge is -2.31. The van der Waals surface area contributed by atoms with Gasteiger partial charge in [0.15, 0.2) is 14.9 Å². The van der Waals surface area contributed by atoms with E-state index in [1.54, 1.807) is 0 Å². The number of thiocarbonyl (C=S) groups is 1. The van der Waals surface area contributed by atoms with Crippen LogP contribution < -0.4 is 5.32 Å². The molecule has 0 saturated carbocycles. The van der Waals surface area contributed by atoms with Gasteiger partial charge in [-0.15, -0.1) is 0 Å². The quantitative estimate of drug-likeness (QED) is 0.730. The fourth-order valence-corrected chi connectivity index (χ4v) is 5.14. The molecule has 0 amide bonds. The minimum atomic E-state index is -2.94. The number of aryl methyl sites for hydroxylation is 1. The summed E-state index contributed by atoms with van der Waals surface area (Å²) < 4.78 is 23.8. The molecule has 5 nitrogen and oxygen atoms in total. The number of nitrogens with zero attached hydrogens (tertiary/aromatic N) is 2. The van der Waals surface area contributed by atoms with E-state index >= 15 is 0 Å². The third-order valence-corrected chi connectivity index (χ3v) is 6.61. The van der Waals surface area contributed by atoms with Gasteiger partial charge in [-0.25, -0.2) is 8.42 Å². The molecule has 2 rings (SSSR count). The number of nitrogens with one attached hydrogen (secondary N) is 1. The van der Waals surface area contributed by atoms with Gasteiger partial charge in [0, 0.05) is 18.3 Å². The summed E-state index contributed by atoms with van der Waals surface area (Å²) in [5.41, 5.74) is 2.22. The number of benzene rings is 1. The van der Waals surface area contributed by atoms with E-state index in [0.717, 1.165) is 31.6 Å². The van der Waals surface area contributed by atoms with Crippen LogP contribution in [0, 0.1) is 0 Å². The molecule has 1 N–H and O–H groups in total. The van der Waals surface area contributed by atoms with Gasteiger partial charge in [-0.2, -0.15) is 0 Å². The SMILES string of the molecule is CCc1ccc(NC(=S)N(CCCN(C)C)[C@H]2CCS(=O)(=O)C2)cc1. The first-order chi connectivity index (χ1) is 11.8. The lowest BCUT2D eigenvalue weighted by Crippen LogP contribution is -2.44. The molecule has 1 atom stereocenters. The standard InChI is InChI=1S/C18H29N3O2S2/c1-4-15-6-8-16(9-7-15)19-18(24)21(12-5-11-20(2)3)17-10-13-25(22,23)14-17/h6-9,17H,4-5,10-14H2,1-3H3,(H,19,24)/t17-/m0/s1. The molecule has 25 heavy (non-hydrogen) atoms. The molecule has 1 saturated heterocycles. The Morgan fingerprint density at radius 3 is 2.44 bits per heavy atom. The first kappa shape index (κ1) is 20.1. The van der Waals surface area contributed by atoms with E-state index in [2.05, 4.69) is 34.2 Å². The first-order valence-corrected chi connectivity index (χ1v) is 11.1. The van der Waals surface area contributed by atoms with Crippen molar-refractivity contribution in [1.82, 2.24) is 9.80 Å². The van der Waals surface area contributed by atoms with E-state index in [1.165, 1.54) is 5.56 Å². The van der Waals surface area contributed by atoms with Crippen LogP contribution in [0.3, 0.4) is 0 Å². The zero-order valence-electron chi connectivity index (χ0n) is 15.4. The summed E-state index contributed by atoms with van der Waals surface area (Å²) in [6, 6.07) is 8.19. The zero-order chi connectivity index (χ0) is 18.4. The molecule has 1 aliphatic rings. The van der Waals surface area contributed by atoms with Crippen LogP contribution in [0.15, 0.2) is 24.3 Å². The summed E-state index contributed by atoms with van der Waals surface area (Å²) >= 11 is 5.62. The molecule has 1 aliphatic heterocycles. The topological polar surface area (TPSA) is 52.6 Å². The molecule has 0 bridgehead atoms. The van der Waals surface area contributed by atoms with Crippen molar-refractivity contribution in [3.63, 3.8) is 0 Å². The summed E-state index contributed by atoms with van der Waals surface area (Å²) in [5.74, 6) is 0.460. The minimum absolute atomic E-state index is 0.0259. The van der Waals surface area contributed by atoms with Crippen LogP contribution in [0.2, 0.25) is 0 Å². The molecule has 0 radical (unpaired) electrons. The molecular formula is C18H29N3O2S2. The van der Waals surface area contributed by atoms with Gasteiger partial charge in [-0.3, -0.25) is 0 Å². The number of sulfone groups is 1. The van der Waals surface area contributed by atoms with E-state index in [0.29, 0.717) is 11.5 Å². The number of anilines is 1. The van der Waals surface area contributed by atoms with Crippen LogP contribution in [0.1, 0.15) is 25.3 Å². The Morgan fingerprint density at radius 1 is 1.24 bits per heavy atom. The van der Waals surface area contributed by atoms with Gasteiger partial charge in [0.25, 0.3) is 0 Å². The fourth-order valence-electron chi connectivity index (χ4n) is 3.05. The van der Waals surface area contributed by atoms with Crippen molar-refractivity contribution < 1.29 is 8.42 Å². The van der Waals surface area contributed by atoms with E-state index < -0.39 is 9.84 Å². The lowest BCUT2D eigenvalue weighted by atomic mass is 10.1. The largest absolute Gasteiger partial charge is 0.345 e. The second-order valence-corrected chi connectivity index (χ2v) is 9.50. The van der Waals surface area contributed by atoms with Crippen LogP contribution in [0.5, 0.6) is 0 Å². The summed E-state index contributed by atoms with van der Waals surface area (Å²) in [6.07, 6.45) is 2.60. The number of hydrogen-bond donors (Lipinski definition) is 1. The monoisotopic (exact) mass is 383 g/mol. The van der Waals surface area contributed by atoms with Gasteiger partial charge in [0.2, 0.25) is 0 Å². The highest BCUT2D eigenvalue weighted by Crippen LogP contribution is 2.20. The van der Waals surface area contributed by atoms with E-state index in [4.69, 9.17) is 12.2 Å².